The first-order chi connectivity index (χ1) is 6.65. The van der Waals surface area contributed by atoms with E-state index in [2.05, 4.69) is 0 Å². The summed E-state index contributed by atoms with van der Waals surface area (Å²) in [7, 11) is 0. The molecule has 0 aliphatic rings. The Morgan fingerprint density at radius 2 is 2.00 bits per heavy atom. The van der Waals surface area contributed by atoms with Gasteiger partial charge in [0.15, 0.2) is 0 Å². The van der Waals surface area contributed by atoms with Crippen LogP contribution in [0.4, 0.5) is 11.4 Å². The fourth-order valence-corrected chi connectivity index (χ4v) is 1.00. The van der Waals surface area contributed by atoms with E-state index in [1.165, 1.54) is 29.3 Å². The molecule has 1 aromatic carbocycles. The Labute approximate surface area is 80.7 Å². The Kier molecular flexibility index (Phi) is 3.38. The topological polar surface area (TPSA) is 92.6 Å². The van der Waals surface area contributed by atoms with E-state index in [1.54, 1.807) is 0 Å². The fourth-order valence-electron chi connectivity index (χ4n) is 1.00. The lowest BCUT2D eigenvalue weighted by molar-refractivity contribution is -0.384. The van der Waals surface area contributed by atoms with E-state index in [0.29, 0.717) is 5.69 Å². The van der Waals surface area contributed by atoms with Crippen LogP contribution in [0.3, 0.4) is 0 Å². The number of aliphatic hydroxyl groups excluding tert-OH is 1. The number of anilines is 1. The molecule has 0 heterocycles. The van der Waals surface area contributed by atoms with Crippen molar-refractivity contribution in [2.75, 3.05) is 18.2 Å². The van der Waals surface area contributed by atoms with Gasteiger partial charge in [-0.15, -0.1) is 0 Å². The third-order valence-electron chi connectivity index (χ3n) is 1.73. The molecule has 0 amide bonds. The van der Waals surface area contributed by atoms with Crippen LogP contribution < -0.4 is 10.9 Å². The average molecular weight is 197 g/mol. The Morgan fingerprint density at radius 1 is 1.43 bits per heavy atom. The number of hydrogen-bond acceptors (Lipinski definition) is 5. The predicted molar refractivity (Wildman–Crippen MR) is 51.7 cm³/mol. The van der Waals surface area contributed by atoms with Gasteiger partial charge >= 0.3 is 0 Å². The predicted octanol–water partition coefficient (Wildman–Crippen LogP) is 0.267. The Hall–Kier alpha value is -1.66. The molecule has 0 unspecified atom stereocenters. The summed E-state index contributed by atoms with van der Waals surface area (Å²) in [6.45, 7) is 0.227. The zero-order valence-electron chi connectivity index (χ0n) is 7.46. The molecule has 0 radical (unpaired) electrons. The van der Waals surface area contributed by atoms with Crippen LogP contribution in [0.15, 0.2) is 24.3 Å². The standard InChI is InChI=1S/C8H11N3O3/c9-10(5-6-12)7-1-3-8(4-2-7)11(13)14/h1-4,12H,5-6,9H2. The summed E-state index contributed by atoms with van der Waals surface area (Å²) >= 11 is 0. The largest absolute Gasteiger partial charge is 0.394 e. The van der Waals surface area contributed by atoms with Gasteiger partial charge < -0.3 is 10.1 Å². The molecule has 6 nitrogen and oxygen atoms in total. The number of hydrazine groups is 1. The molecular weight excluding hydrogens is 186 g/mol. The molecule has 76 valence electrons. The summed E-state index contributed by atoms with van der Waals surface area (Å²) < 4.78 is 0. The van der Waals surface area contributed by atoms with Crippen molar-refractivity contribution in [1.82, 2.24) is 0 Å². The molecule has 14 heavy (non-hydrogen) atoms. The monoisotopic (exact) mass is 197 g/mol. The maximum Gasteiger partial charge on any atom is 0.269 e. The Morgan fingerprint density at radius 3 is 2.43 bits per heavy atom. The molecule has 0 aromatic heterocycles. The van der Waals surface area contributed by atoms with Crippen molar-refractivity contribution in [2.24, 2.45) is 5.84 Å². The van der Waals surface area contributed by atoms with E-state index >= 15 is 0 Å². The van der Waals surface area contributed by atoms with Gasteiger partial charge in [0, 0.05) is 12.1 Å². The first kappa shape index (κ1) is 10.4. The maximum absolute atomic E-state index is 10.3. The highest BCUT2D eigenvalue weighted by molar-refractivity contribution is 5.49. The van der Waals surface area contributed by atoms with Crippen LogP contribution in [0, 0.1) is 10.1 Å². The number of non-ortho nitro benzene ring substituents is 1. The molecule has 1 rings (SSSR count). The van der Waals surface area contributed by atoms with E-state index in [0.717, 1.165) is 0 Å². The first-order valence-corrected chi connectivity index (χ1v) is 4.02. The van der Waals surface area contributed by atoms with Gasteiger partial charge in [-0.1, -0.05) is 0 Å². The highest BCUT2D eigenvalue weighted by Crippen LogP contribution is 2.16. The highest BCUT2D eigenvalue weighted by Gasteiger charge is 2.05. The number of nitrogens with two attached hydrogens (primary N) is 1. The van der Waals surface area contributed by atoms with Crippen molar-refractivity contribution in [3.8, 4) is 0 Å². The number of hydrogen-bond donors (Lipinski definition) is 2. The van der Waals surface area contributed by atoms with Crippen molar-refractivity contribution in [3.63, 3.8) is 0 Å². The van der Waals surface area contributed by atoms with Crippen molar-refractivity contribution in [2.45, 2.75) is 0 Å². The van der Waals surface area contributed by atoms with Gasteiger partial charge in [0.05, 0.1) is 23.8 Å². The molecule has 0 saturated carbocycles. The summed E-state index contributed by atoms with van der Waals surface area (Å²) in [6.07, 6.45) is 0. The number of rotatable bonds is 4. The van der Waals surface area contributed by atoms with E-state index in [1.807, 2.05) is 0 Å². The molecule has 0 bridgehead atoms. The number of benzene rings is 1. The van der Waals surface area contributed by atoms with Crippen molar-refractivity contribution in [3.05, 3.63) is 34.4 Å². The molecule has 0 atom stereocenters. The van der Waals surface area contributed by atoms with Crippen LogP contribution >= 0.6 is 0 Å². The molecule has 6 heteroatoms. The van der Waals surface area contributed by atoms with Gasteiger partial charge in [0.25, 0.3) is 5.69 Å². The Bertz CT molecular complexity index is 312. The van der Waals surface area contributed by atoms with Crippen LogP contribution in [-0.4, -0.2) is 23.2 Å². The second kappa shape index (κ2) is 4.54. The van der Waals surface area contributed by atoms with Crippen molar-refractivity contribution in [1.29, 1.82) is 0 Å². The van der Waals surface area contributed by atoms with E-state index < -0.39 is 4.92 Å². The zero-order valence-corrected chi connectivity index (χ0v) is 7.46. The lowest BCUT2D eigenvalue weighted by Crippen LogP contribution is -2.33. The van der Waals surface area contributed by atoms with E-state index in [4.69, 9.17) is 10.9 Å². The minimum atomic E-state index is -0.476. The number of nitro benzene ring substituents is 1. The number of nitro groups is 1. The quantitative estimate of drug-likeness (QED) is 0.410. The SMILES string of the molecule is NN(CCO)c1ccc([N+](=O)[O-])cc1. The van der Waals surface area contributed by atoms with Crippen molar-refractivity contribution < 1.29 is 10.0 Å². The van der Waals surface area contributed by atoms with Crippen LogP contribution in [0.1, 0.15) is 0 Å². The summed E-state index contributed by atoms with van der Waals surface area (Å²) in [5.41, 5.74) is 0.649. The van der Waals surface area contributed by atoms with Crippen LogP contribution in [-0.2, 0) is 0 Å². The maximum atomic E-state index is 10.3. The smallest absolute Gasteiger partial charge is 0.269 e. The van der Waals surface area contributed by atoms with E-state index in [-0.39, 0.29) is 18.8 Å². The molecule has 0 saturated heterocycles. The van der Waals surface area contributed by atoms with Crippen LogP contribution in [0.25, 0.3) is 0 Å². The minimum Gasteiger partial charge on any atom is -0.394 e. The third kappa shape index (κ3) is 2.41. The van der Waals surface area contributed by atoms with Crippen LogP contribution in [0.2, 0.25) is 0 Å². The fraction of sp³-hybridized carbons (Fsp3) is 0.250. The van der Waals surface area contributed by atoms with Crippen LogP contribution in [0.5, 0.6) is 0 Å². The van der Waals surface area contributed by atoms with Gasteiger partial charge in [-0.3, -0.25) is 10.1 Å². The molecule has 0 fully saturated rings. The van der Waals surface area contributed by atoms with Gasteiger partial charge in [-0.2, -0.15) is 0 Å². The molecule has 0 aliphatic heterocycles. The highest BCUT2D eigenvalue weighted by atomic mass is 16.6. The number of aliphatic hydroxyl groups is 1. The third-order valence-corrected chi connectivity index (χ3v) is 1.73. The summed E-state index contributed by atoms with van der Waals surface area (Å²) in [4.78, 5) is 9.85. The average Bonchev–Trinajstić information content (AvgIpc) is 2.18. The summed E-state index contributed by atoms with van der Waals surface area (Å²) in [5.74, 6) is 5.54. The molecule has 0 spiro atoms. The first-order valence-electron chi connectivity index (χ1n) is 4.02. The molecule has 3 N–H and O–H groups in total. The molecule has 1 aromatic rings. The number of nitrogens with zero attached hydrogens (tertiary/aromatic N) is 2. The summed E-state index contributed by atoms with van der Waals surface area (Å²) in [6, 6.07) is 5.81. The van der Waals surface area contributed by atoms with E-state index in [9.17, 15) is 10.1 Å². The van der Waals surface area contributed by atoms with Gasteiger partial charge in [0.2, 0.25) is 0 Å². The molecular formula is C8H11N3O3. The lowest BCUT2D eigenvalue weighted by Gasteiger charge is -2.16. The van der Waals surface area contributed by atoms with Gasteiger partial charge in [0.1, 0.15) is 0 Å². The van der Waals surface area contributed by atoms with Gasteiger partial charge in [-0.05, 0) is 12.1 Å². The Balaban J connectivity index is 2.77. The lowest BCUT2D eigenvalue weighted by atomic mass is 10.3. The zero-order chi connectivity index (χ0) is 10.6. The van der Waals surface area contributed by atoms with Gasteiger partial charge in [-0.25, -0.2) is 5.84 Å². The summed E-state index contributed by atoms with van der Waals surface area (Å²) in [5, 5.41) is 20.3. The second-order valence-electron chi connectivity index (χ2n) is 2.69. The normalized spacial score (nSPS) is 9.86. The van der Waals surface area contributed by atoms with Crippen molar-refractivity contribution >= 4 is 11.4 Å². The minimum absolute atomic E-state index is 0.0196. The second-order valence-corrected chi connectivity index (χ2v) is 2.69. The molecule has 0 aliphatic carbocycles.